The lowest BCUT2D eigenvalue weighted by molar-refractivity contribution is 0.0697. The second-order valence-electron chi connectivity index (χ2n) is 4.50. The molecule has 0 fully saturated rings. The van der Waals surface area contributed by atoms with Crippen LogP contribution in [0.3, 0.4) is 0 Å². The van der Waals surface area contributed by atoms with Crippen molar-refractivity contribution in [2.75, 3.05) is 13.2 Å². The molecule has 2 aromatic rings. The molecule has 4 N–H and O–H groups in total. The van der Waals surface area contributed by atoms with E-state index in [4.69, 9.17) is 15.9 Å². The monoisotopic (exact) mass is 262 g/mol. The summed E-state index contributed by atoms with van der Waals surface area (Å²) < 4.78 is 1.98. The Kier molecular flexibility index (Phi) is 4.19. The number of nitrogens with zero attached hydrogens (tertiary/aromatic N) is 1. The van der Waals surface area contributed by atoms with Gasteiger partial charge in [0.25, 0.3) is 0 Å². The summed E-state index contributed by atoms with van der Waals surface area (Å²) >= 11 is 0. The maximum atomic E-state index is 11.0. The minimum Gasteiger partial charge on any atom is -0.478 e. The second kappa shape index (κ2) is 5.86. The molecule has 0 atom stereocenters. The minimum absolute atomic E-state index is 0.150. The third kappa shape index (κ3) is 2.77. The normalized spacial score (nSPS) is 11.1. The van der Waals surface area contributed by atoms with Crippen LogP contribution in [0, 0.1) is 0 Å². The number of aliphatic hydroxyl groups is 1. The fourth-order valence-electron chi connectivity index (χ4n) is 2.29. The number of carboxylic acid groups (broad SMARTS) is 1. The van der Waals surface area contributed by atoms with Crippen LogP contribution in [-0.4, -0.2) is 33.9 Å². The number of nitrogens with two attached hydrogens (primary N) is 1. The highest BCUT2D eigenvalue weighted by Crippen LogP contribution is 2.24. The van der Waals surface area contributed by atoms with Gasteiger partial charge in [-0.1, -0.05) is 6.07 Å². The Labute approximate surface area is 111 Å². The van der Waals surface area contributed by atoms with Gasteiger partial charge < -0.3 is 20.5 Å². The number of carboxylic acids is 1. The summed E-state index contributed by atoms with van der Waals surface area (Å²) in [5.41, 5.74) is 7.86. The van der Waals surface area contributed by atoms with Crippen LogP contribution < -0.4 is 5.73 Å². The third-order valence-electron chi connectivity index (χ3n) is 3.19. The Bertz CT molecular complexity index is 590. The highest BCUT2D eigenvalue weighted by Gasteiger charge is 2.11. The Morgan fingerprint density at radius 3 is 2.79 bits per heavy atom. The second-order valence-corrected chi connectivity index (χ2v) is 4.50. The molecule has 19 heavy (non-hydrogen) atoms. The van der Waals surface area contributed by atoms with Crippen LogP contribution >= 0.6 is 0 Å². The fraction of sp³-hybridized carbons (Fsp3) is 0.357. The van der Waals surface area contributed by atoms with E-state index in [-0.39, 0.29) is 12.2 Å². The molecule has 5 heteroatoms. The number of aliphatic hydroxyl groups excluding tert-OH is 1. The number of carbonyl (C=O) groups is 1. The van der Waals surface area contributed by atoms with Crippen molar-refractivity contribution in [2.45, 2.75) is 19.4 Å². The van der Waals surface area contributed by atoms with Crippen LogP contribution in [0.1, 0.15) is 22.3 Å². The van der Waals surface area contributed by atoms with E-state index < -0.39 is 5.97 Å². The molecule has 0 aliphatic rings. The van der Waals surface area contributed by atoms with E-state index in [1.807, 2.05) is 16.8 Å². The zero-order valence-corrected chi connectivity index (χ0v) is 10.7. The molecule has 0 spiro atoms. The molecule has 0 saturated heterocycles. The lowest BCUT2D eigenvalue weighted by Crippen LogP contribution is -2.09. The smallest absolute Gasteiger partial charge is 0.335 e. The predicted molar refractivity (Wildman–Crippen MR) is 73.4 cm³/mol. The zero-order valence-electron chi connectivity index (χ0n) is 10.7. The first-order chi connectivity index (χ1) is 9.17. The predicted octanol–water partition coefficient (Wildman–Crippen LogP) is 1.22. The van der Waals surface area contributed by atoms with Gasteiger partial charge in [-0.2, -0.15) is 0 Å². The van der Waals surface area contributed by atoms with Gasteiger partial charge in [-0.15, -0.1) is 0 Å². The number of fused-ring (bicyclic) bond motifs is 1. The molecule has 0 saturated carbocycles. The maximum absolute atomic E-state index is 11.0. The van der Waals surface area contributed by atoms with Gasteiger partial charge in [-0.05, 0) is 30.5 Å². The number of benzene rings is 1. The molecular formula is C14H18N2O3. The van der Waals surface area contributed by atoms with Crippen LogP contribution in [0.4, 0.5) is 0 Å². The average Bonchev–Trinajstić information content (AvgIpc) is 2.74. The summed E-state index contributed by atoms with van der Waals surface area (Å²) in [6.45, 7) is 1.30. The number of rotatable bonds is 6. The third-order valence-corrected chi connectivity index (χ3v) is 3.19. The summed E-state index contributed by atoms with van der Waals surface area (Å²) in [6, 6.07) is 5.12. The molecule has 5 nitrogen and oxygen atoms in total. The molecular weight excluding hydrogens is 244 g/mol. The standard InChI is InChI=1S/C14H18N2O3/c15-5-6-16-9-11(2-1-7-17)12-4-3-10(14(18)19)8-13(12)16/h3-4,8-9,17H,1-2,5-7,15H2,(H,18,19). The van der Waals surface area contributed by atoms with Crippen LogP contribution in [0.5, 0.6) is 0 Å². The van der Waals surface area contributed by atoms with Crippen LogP contribution in [0.2, 0.25) is 0 Å². The first-order valence-electron chi connectivity index (χ1n) is 6.33. The highest BCUT2D eigenvalue weighted by atomic mass is 16.4. The van der Waals surface area contributed by atoms with E-state index >= 15 is 0 Å². The topological polar surface area (TPSA) is 88.5 Å². The van der Waals surface area contributed by atoms with Crippen molar-refractivity contribution in [3.05, 3.63) is 35.5 Å². The number of aryl methyl sites for hydroxylation is 1. The van der Waals surface area contributed by atoms with Crippen molar-refractivity contribution in [2.24, 2.45) is 5.73 Å². The summed E-state index contributed by atoms with van der Waals surface area (Å²) in [7, 11) is 0. The molecule has 0 aliphatic carbocycles. The van der Waals surface area contributed by atoms with E-state index in [0.717, 1.165) is 22.9 Å². The van der Waals surface area contributed by atoms with E-state index in [1.54, 1.807) is 12.1 Å². The quantitative estimate of drug-likeness (QED) is 0.730. The first-order valence-corrected chi connectivity index (χ1v) is 6.33. The van der Waals surface area contributed by atoms with E-state index in [1.165, 1.54) is 0 Å². The number of aromatic nitrogens is 1. The van der Waals surface area contributed by atoms with E-state index in [0.29, 0.717) is 19.5 Å². The lowest BCUT2D eigenvalue weighted by atomic mass is 10.1. The molecule has 1 heterocycles. The van der Waals surface area contributed by atoms with Crippen molar-refractivity contribution >= 4 is 16.9 Å². The summed E-state index contributed by atoms with van der Waals surface area (Å²) in [5, 5.41) is 19.0. The molecule has 0 radical (unpaired) electrons. The van der Waals surface area contributed by atoms with Crippen LogP contribution in [0.15, 0.2) is 24.4 Å². The van der Waals surface area contributed by atoms with Crippen molar-refractivity contribution < 1.29 is 15.0 Å². The van der Waals surface area contributed by atoms with Gasteiger partial charge in [0.2, 0.25) is 0 Å². The number of hydrogen-bond acceptors (Lipinski definition) is 3. The van der Waals surface area contributed by atoms with Gasteiger partial charge in [0.15, 0.2) is 0 Å². The van der Waals surface area contributed by atoms with Crippen molar-refractivity contribution in [3.8, 4) is 0 Å². The minimum atomic E-state index is -0.931. The molecule has 1 aromatic carbocycles. The van der Waals surface area contributed by atoms with Gasteiger partial charge in [0.05, 0.1) is 5.56 Å². The molecule has 102 valence electrons. The zero-order chi connectivity index (χ0) is 13.8. The molecule has 1 aromatic heterocycles. The molecule has 0 amide bonds. The first kappa shape index (κ1) is 13.6. The summed E-state index contributed by atoms with van der Waals surface area (Å²) in [4.78, 5) is 11.0. The Morgan fingerprint density at radius 1 is 1.37 bits per heavy atom. The SMILES string of the molecule is NCCn1cc(CCCO)c2ccc(C(=O)O)cc21. The van der Waals surface area contributed by atoms with E-state index in [2.05, 4.69) is 0 Å². The van der Waals surface area contributed by atoms with Crippen LogP contribution in [-0.2, 0) is 13.0 Å². The Balaban J connectivity index is 2.50. The maximum Gasteiger partial charge on any atom is 0.335 e. The van der Waals surface area contributed by atoms with Gasteiger partial charge in [-0.3, -0.25) is 0 Å². The number of aromatic carboxylic acids is 1. The molecule has 2 rings (SSSR count). The van der Waals surface area contributed by atoms with Crippen LogP contribution in [0.25, 0.3) is 10.9 Å². The van der Waals surface area contributed by atoms with Gasteiger partial charge in [-0.25, -0.2) is 4.79 Å². The van der Waals surface area contributed by atoms with Crippen molar-refractivity contribution in [1.29, 1.82) is 0 Å². The fourth-order valence-corrected chi connectivity index (χ4v) is 2.29. The molecule has 0 aliphatic heterocycles. The largest absolute Gasteiger partial charge is 0.478 e. The van der Waals surface area contributed by atoms with Crippen molar-refractivity contribution in [3.63, 3.8) is 0 Å². The molecule has 0 unspecified atom stereocenters. The Morgan fingerprint density at radius 2 is 2.16 bits per heavy atom. The summed E-state index contributed by atoms with van der Waals surface area (Å²) in [6.07, 6.45) is 3.47. The van der Waals surface area contributed by atoms with Gasteiger partial charge >= 0.3 is 5.97 Å². The van der Waals surface area contributed by atoms with E-state index in [9.17, 15) is 4.79 Å². The van der Waals surface area contributed by atoms with Gasteiger partial charge in [0.1, 0.15) is 0 Å². The lowest BCUT2D eigenvalue weighted by Gasteiger charge is -2.03. The average molecular weight is 262 g/mol. The summed E-state index contributed by atoms with van der Waals surface area (Å²) in [5.74, 6) is -0.931. The number of hydrogen-bond donors (Lipinski definition) is 3. The van der Waals surface area contributed by atoms with Gasteiger partial charge in [0, 0.05) is 36.8 Å². The van der Waals surface area contributed by atoms with Crippen molar-refractivity contribution in [1.82, 2.24) is 4.57 Å². The molecule has 0 bridgehead atoms. The Hall–Kier alpha value is -1.85. The highest BCUT2D eigenvalue weighted by molar-refractivity contribution is 5.94.